The first-order chi connectivity index (χ1) is 9.56. The van der Waals surface area contributed by atoms with Crippen molar-refractivity contribution in [2.75, 3.05) is 13.1 Å². The normalized spacial score (nSPS) is 12.6. The van der Waals surface area contributed by atoms with Crippen molar-refractivity contribution < 1.29 is 9.90 Å². The van der Waals surface area contributed by atoms with E-state index in [0.29, 0.717) is 5.02 Å². The molecule has 0 spiro atoms. The van der Waals surface area contributed by atoms with Crippen LogP contribution in [0.3, 0.4) is 0 Å². The molecule has 0 saturated carbocycles. The van der Waals surface area contributed by atoms with Crippen molar-refractivity contribution in [3.63, 3.8) is 0 Å². The quantitative estimate of drug-likeness (QED) is 0.752. The van der Waals surface area contributed by atoms with Gasteiger partial charge in [0.05, 0.1) is 6.42 Å². The summed E-state index contributed by atoms with van der Waals surface area (Å²) in [4.78, 5) is 13.4. The van der Waals surface area contributed by atoms with E-state index in [4.69, 9.17) is 16.7 Å². The van der Waals surface area contributed by atoms with Gasteiger partial charge in [-0.05, 0) is 50.0 Å². The molecule has 1 N–H and O–H groups in total. The fourth-order valence-corrected chi connectivity index (χ4v) is 2.60. The highest BCUT2D eigenvalue weighted by molar-refractivity contribution is 6.30. The molecule has 112 valence electrons. The van der Waals surface area contributed by atoms with Crippen LogP contribution in [0, 0.1) is 0 Å². The standard InChI is InChI=1S/C16H24ClNO2/c1-3-9-18(10-4-2)15(12-16(19)20)11-13-5-7-14(17)8-6-13/h5-8,15H,3-4,9-12H2,1-2H3,(H,19,20). The molecule has 0 bridgehead atoms. The van der Waals surface area contributed by atoms with Gasteiger partial charge < -0.3 is 5.11 Å². The monoisotopic (exact) mass is 297 g/mol. The van der Waals surface area contributed by atoms with Gasteiger partial charge in [-0.1, -0.05) is 37.6 Å². The van der Waals surface area contributed by atoms with E-state index < -0.39 is 5.97 Å². The molecule has 0 aliphatic carbocycles. The Balaban J connectivity index is 2.80. The van der Waals surface area contributed by atoms with Crippen LogP contribution in [0.5, 0.6) is 0 Å². The molecule has 1 unspecified atom stereocenters. The molecule has 1 aromatic carbocycles. The summed E-state index contributed by atoms with van der Waals surface area (Å²) in [5, 5.41) is 9.85. The van der Waals surface area contributed by atoms with Crippen LogP contribution in [0.4, 0.5) is 0 Å². The van der Waals surface area contributed by atoms with E-state index in [1.807, 2.05) is 24.3 Å². The highest BCUT2D eigenvalue weighted by Crippen LogP contribution is 2.16. The Labute approximate surface area is 126 Å². The molecule has 20 heavy (non-hydrogen) atoms. The molecule has 1 aromatic rings. The molecule has 0 radical (unpaired) electrons. The van der Waals surface area contributed by atoms with Crippen LogP contribution in [-0.4, -0.2) is 35.1 Å². The van der Waals surface area contributed by atoms with E-state index in [2.05, 4.69) is 18.7 Å². The minimum Gasteiger partial charge on any atom is -0.481 e. The van der Waals surface area contributed by atoms with Crippen LogP contribution in [0.2, 0.25) is 5.02 Å². The summed E-state index contributed by atoms with van der Waals surface area (Å²) in [5.41, 5.74) is 1.14. The first-order valence-electron chi connectivity index (χ1n) is 7.27. The molecule has 0 aromatic heterocycles. The number of halogens is 1. The second-order valence-corrected chi connectivity index (χ2v) is 5.55. The Hall–Kier alpha value is -1.06. The van der Waals surface area contributed by atoms with Gasteiger partial charge in [-0.3, -0.25) is 9.69 Å². The van der Waals surface area contributed by atoms with Crippen molar-refractivity contribution in [2.45, 2.75) is 45.6 Å². The van der Waals surface area contributed by atoms with E-state index in [1.54, 1.807) is 0 Å². The number of carboxylic acid groups (broad SMARTS) is 1. The predicted molar refractivity (Wildman–Crippen MR) is 83.4 cm³/mol. The molecule has 1 atom stereocenters. The lowest BCUT2D eigenvalue weighted by molar-refractivity contribution is -0.138. The maximum absolute atomic E-state index is 11.1. The largest absolute Gasteiger partial charge is 0.481 e. The zero-order valence-electron chi connectivity index (χ0n) is 12.3. The highest BCUT2D eigenvalue weighted by Gasteiger charge is 2.20. The third-order valence-corrected chi connectivity index (χ3v) is 3.58. The van der Waals surface area contributed by atoms with Crippen LogP contribution < -0.4 is 0 Å². The summed E-state index contributed by atoms with van der Waals surface area (Å²) in [6, 6.07) is 7.73. The molecule has 0 aliphatic heterocycles. The highest BCUT2D eigenvalue weighted by atomic mass is 35.5. The van der Waals surface area contributed by atoms with Crippen molar-refractivity contribution in [3.8, 4) is 0 Å². The van der Waals surface area contributed by atoms with Gasteiger partial charge in [0.1, 0.15) is 0 Å². The van der Waals surface area contributed by atoms with Gasteiger partial charge in [0.2, 0.25) is 0 Å². The number of hydrogen-bond acceptors (Lipinski definition) is 2. The van der Waals surface area contributed by atoms with Gasteiger partial charge in [-0.2, -0.15) is 0 Å². The lowest BCUT2D eigenvalue weighted by Gasteiger charge is -2.30. The second kappa shape index (κ2) is 8.98. The lowest BCUT2D eigenvalue weighted by Crippen LogP contribution is -2.39. The lowest BCUT2D eigenvalue weighted by atomic mass is 10.0. The number of aliphatic carboxylic acids is 1. The third kappa shape index (κ3) is 5.93. The zero-order chi connectivity index (χ0) is 15.0. The van der Waals surface area contributed by atoms with Crippen LogP contribution in [0.25, 0.3) is 0 Å². The molecular weight excluding hydrogens is 274 g/mol. The van der Waals surface area contributed by atoms with E-state index >= 15 is 0 Å². The average Bonchev–Trinajstić information content (AvgIpc) is 2.40. The molecule has 0 amide bonds. The number of nitrogens with zero attached hydrogens (tertiary/aromatic N) is 1. The van der Waals surface area contributed by atoms with Gasteiger partial charge in [0.25, 0.3) is 0 Å². The van der Waals surface area contributed by atoms with E-state index in [0.717, 1.165) is 37.9 Å². The van der Waals surface area contributed by atoms with Gasteiger partial charge in [-0.25, -0.2) is 0 Å². The fraction of sp³-hybridized carbons (Fsp3) is 0.562. The van der Waals surface area contributed by atoms with Gasteiger partial charge >= 0.3 is 5.97 Å². The van der Waals surface area contributed by atoms with Crippen molar-refractivity contribution in [2.24, 2.45) is 0 Å². The van der Waals surface area contributed by atoms with Gasteiger partial charge in [0.15, 0.2) is 0 Å². The SMILES string of the molecule is CCCN(CCC)C(CC(=O)O)Cc1ccc(Cl)cc1. The molecule has 0 aliphatic rings. The second-order valence-electron chi connectivity index (χ2n) is 5.12. The van der Waals surface area contributed by atoms with Crippen LogP contribution >= 0.6 is 11.6 Å². The summed E-state index contributed by atoms with van der Waals surface area (Å²) in [6.45, 7) is 6.14. The van der Waals surface area contributed by atoms with Gasteiger partial charge in [0, 0.05) is 11.1 Å². The maximum atomic E-state index is 11.1. The number of benzene rings is 1. The van der Waals surface area contributed by atoms with Crippen LogP contribution in [-0.2, 0) is 11.2 Å². The topological polar surface area (TPSA) is 40.5 Å². The van der Waals surface area contributed by atoms with E-state index in [-0.39, 0.29) is 12.5 Å². The molecule has 4 heteroatoms. The molecule has 0 fully saturated rings. The minimum atomic E-state index is -0.735. The smallest absolute Gasteiger partial charge is 0.304 e. The molecule has 0 heterocycles. The Morgan fingerprint density at radius 3 is 2.20 bits per heavy atom. The summed E-state index contributed by atoms with van der Waals surface area (Å²) < 4.78 is 0. The Bertz CT molecular complexity index is 399. The maximum Gasteiger partial charge on any atom is 0.304 e. The van der Waals surface area contributed by atoms with Crippen molar-refractivity contribution in [1.82, 2.24) is 4.90 Å². The van der Waals surface area contributed by atoms with Crippen LogP contribution in [0.15, 0.2) is 24.3 Å². The molecule has 1 rings (SSSR count). The zero-order valence-corrected chi connectivity index (χ0v) is 13.1. The van der Waals surface area contributed by atoms with Crippen molar-refractivity contribution in [3.05, 3.63) is 34.9 Å². The number of rotatable bonds is 9. The van der Waals surface area contributed by atoms with E-state index in [1.165, 1.54) is 0 Å². The summed E-state index contributed by atoms with van der Waals surface area (Å²) >= 11 is 5.89. The van der Waals surface area contributed by atoms with Crippen molar-refractivity contribution in [1.29, 1.82) is 0 Å². The minimum absolute atomic E-state index is 0.0496. The summed E-state index contributed by atoms with van der Waals surface area (Å²) in [6.07, 6.45) is 3.01. The Kier molecular flexibility index (Phi) is 7.63. The Morgan fingerprint density at radius 1 is 1.20 bits per heavy atom. The van der Waals surface area contributed by atoms with Crippen molar-refractivity contribution >= 4 is 17.6 Å². The first kappa shape index (κ1) is 17.0. The number of carboxylic acids is 1. The molecular formula is C16H24ClNO2. The first-order valence-corrected chi connectivity index (χ1v) is 7.64. The molecule has 0 saturated heterocycles. The van der Waals surface area contributed by atoms with Gasteiger partial charge in [-0.15, -0.1) is 0 Å². The van der Waals surface area contributed by atoms with E-state index in [9.17, 15) is 4.79 Å². The summed E-state index contributed by atoms with van der Waals surface area (Å²) in [7, 11) is 0. The number of carbonyl (C=O) groups is 1. The van der Waals surface area contributed by atoms with Crippen LogP contribution in [0.1, 0.15) is 38.7 Å². The third-order valence-electron chi connectivity index (χ3n) is 3.33. The Morgan fingerprint density at radius 2 is 1.75 bits per heavy atom. The number of hydrogen-bond donors (Lipinski definition) is 1. The average molecular weight is 298 g/mol. The molecule has 3 nitrogen and oxygen atoms in total. The predicted octanol–water partition coefficient (Wildman–Crippen LogP) is 3.85. The fourth-order valence-electron chi connectivity index (χ4n) is 2.48. The summed E-state index contributed by atoms with van der Waals surface area (Å²) in [5.74, 6) is -0.735.